The summed E-state index contributed by atoms with van der Waals surface area (Å²) in [5.41, 5.74) is 4.73. The summed E-state index contributed by atoms with van der Waals surface area (Å²) < 4.78 is 26.5. The van der Waals surface area contributed by atoms with Gasteiger partial charge in [0.2, 0.25) is 10.0 Å². The Morgan fingerprint density at radius 1 is 1.30 bits per heavy atom. The van der Waals surface area contributed by atoms with E-state index in [-0.39, 0.29) is 6.42 Å². The van der Waals surface area contributed by atoms with Gasteiger partial charge in [-0.1, -0.05) is 25.0 Å². The minimum absolute atomic E-state index is 0.0786. The number of para-hydroxylation sites is 1. The first-order valence-electron chi connectivity index (χ1n) is 6.98. The van der Waals surface area contributed by atoms with Crippen LogP contribution in [0.2, 0.25) is 0 Å². The predicted octanol–water partition coefficient (Wildman–Crippen LogP) is 0.845. The zero-order chi connectivity index (χ0) is 17.5. The molecule has 0 aromatic heterocycles. The third kappa shape index (κ3) is 5.58. The molecule has 1 rings (SSSR count). The minimum atomic E-state index is -4.32. The van der Waals surface area contributed by atoms with E-state index in [0.29, 0.717) is 25.8 Å². The molecule has 0 fully saturated rings. The fraction of sp³-hybridized carbons (Fsp3) is 0.462. The maximum Gasteiger partial charge on any atom is 0.321 e. The zero-order valence-corrected chi connectivity index (χ0v) is 13.2. The largest absolute Gasteiger partial charge is 0.480 e. The van der Waals surface area contributed by atoms with Crippen molar-refractivity contribution in [2.24, 2.45) is 5.73 Å². The van der Waals surface area contributed by atoms with Crippen LogP contribution in [0.5, 0.6) is 0 Å². The maximum absolute atomic E-state index is 12.3. The third-order valence-electron chi connectivity index (χ3n) is 3.14. The highest BCUT2D eigenvalue weighted by molar-refractivity contribution is 7.89. The summed E-state index contributed by atoms with van der Waals surface area (Å²) in [5.74, 6) is -1.33. The molecule has 9 nitrogen and oxygen atoms in total. The summed E-state index contributed by atoms with van der Waals surface area (Å²) in [5, 5.41) is 20.1. The second kappa shape index (κ2) is 8.56. The van der Waals surface area contributed by atoms with E-state index in [9.17, 15) is 23.3 Å². The number of unbranched alkanes of at least 4 members (excludes halogenated alkanes) is 2. The van der Waals surface area contributed by atoms with E-state index in [1.54, 1.807) is 0 Å². The Morgan fingerprint density at radius 2 is 1.96 bits per heavy atom. The molecule has 0 aliphatic rings. The van der Waals surface area contributed by atoms with Gasteiger partial charge in [0.05, 0.1) is 4.92 Å². The van der Waals surface area contributed by atoms with Crippen LogP contribution in [0.25, 0.3) is 0 Å². The number of nitrogens with one attached hydrogen (secondary N) is 1. The molecule has 0 aliphatic carbocycles. The van der Waals surface area contributed by atoms with E-state index >= 15 is 0 Å². The van der Waals surface area contributed by atoms with Gasteiger partial charge < -0.3 is 10.8 Å². The topological polar surface area (TPSA) is 153 Å². The van der Waals surface area contributed by atoms with Crippen LogP contribution in [-0.4, -0.2) is 37.0 Å². The Labute approximate surface area is 133 Å². The number of aliphatic carboxylic acids is 1. The first-order chi connectivity index (χ1) is 10.8. The molecule has 0 heterocycles. The van der Waals surface area contributed by atoms with E-state index in [1.165, 1.54) is 12.1 Å². The van der Waals surface area contributed by atoms with Gasteiger partial charge in [-0.2, -0.15) is 4.72 Å². The summed E-state index contributed by atoms with van der Waals surface area (Å²) in [6.45, 7) is 0.472. The molecule has 10 heteroatoms. The number of benzene rings is 1. The number of hydrogen-bond donors (Lipinski definition) is 3. The molecule has 1 aromatic carbocycles. The van der Waals surface area contributed by atoms with Gasteiger partial charge in [0.1, 0.15) is 6.04 Å². The number of hydrogen-bond acceptors (Lipinski definition) is 6. The van der Waals surface area contributed by atoms with Gasteiger partial charge in [-0.15, -0.1) is 0 Å². The molecule has 128 valence electrons. The van der Waals surface area contributed by atoms with Crippen molar-refractivity contribution in [1.82, 2.24) is 4.72 Å². The van der Waals surface area contributed by atoms with Crippen molar-refractivity contribution >= 4 is 21.7 Å². The molecule has 4 N–H and O–H groups in total. The number of nitrogens with two attached hydrogens (primary N) is 1. The first kappa shape index (κ1) is 19.0. The highest BCUT2D eigenvalue weighted by Crippen LogP contribution is 2.23. The quantitative estimate of drug-likeness (QED) is 0.323. The number of nitrogens with zero attached hydrogens (tertiary/aromatic N) is 1. The standard InChI is InChI=1S/C13H19N3O6S/c14-9-5-1-2-6-10(13(17)18)15-23(21,22)12-8-4-3-7-11(12)16(19)20/h3-4,7-8,10,15H,1-2,5-6,9,14H2,(H,17,18). The van der Waals surface area contributed by atoms with Crippen LogP contribution in [0.15, 0.2) is 29.2 Å². The Morgan fingerprint density at radius 3 is 2.52 bits per heavy atom. The van der Waals surface area contributed by atoms with E-state index < -0.39 is 37.5 Å². The molecule has 0 aliphatic heterocycles. The fourth-order valence-electron chi connectivity index (χ4n) is 1.99. The lowest BCUT2D eigenvalue weighted by atomic mass is 10.1. The number of nitro benzene ring substituents is 1. The van der Waals surface area contributed by atoms with E-state index in [0.717, 1.165) is 12.1 Å². The smallest absolute Gasteiger partial charge is 0.321 e. The second-order valence-corrected chi connectivity index (χ2v) is 6.56. The number of sulfonamides is 1. The average Bonchev–Trinajstić information content (AvgIpc) is 2.50. The maximum atomic E-state index is 12.3. The normalized spacial score (nSPS) is 12.7. The molecule has 0 saturated carbocycles. The van der Waals surface area contributed by atoms with Crippen LogP contribution >= 0.6 is 0 Å². The molecular formula is C13H19N3O6S. The molecule has 1 atom stereocenters. The van der Waals surface area contributed by atoms with Crippen molar-refractivity contribution in [3.05, 3.63) is 34.4 Å². The lowest BCUT2D eigenvalue weighted by Crippen LogP contribution is -2.40. The third-order valence-corrected chi connectivity index (χ3v) is 4.66. The van der Waals surface area contributed by atoms with Gasteiger partial charge >= 0.3 is 5.97 Å². The summed E-state index contributed by atoms with van der Waals surface area (Å²) in [6.07, 6.45) is 1.94. The van der Waals surface area contributed by atoms with Gasteiger partial charge in [-0.25, -0.2) is 8.42 Å². The number of carboxylic acid groups (broad SMARTS) is 1. The second-order valence-electron chi connectivity index (χ2n) is 4.87. The van der Waals surface area contributed by atoms with E-state index in [2.05, 4.69) is 0 Å². The first-order valence-corrected chi connectivity index (χ1v) is 8.46. The van der Waals surface area contributed by atoms with Gasteiger partial charge in [0.15, 0.2) is 4.90 Å². The summed E-state index contributed by atoms with van der Waals surface area (Å²) >= 11 is 0. The summed E-state index contributed by atoms with van der Waals surface area (Å²) in [6, 6.07) is 3.42. The van der Waals surface area contributed by atoms with Crippen molar-refractivity contribution in [2.75, 3.05) is 6.54 Å². The molecular weight excluding hydrogens is 326 g/mol. The van der Waals surface area contributed by atoms with E-state index in [1.807, 2.05) is 4.72 Å². The minimum Gasteiger partial charge on any atom is -0.480 e. The van der Waals surface area contributed by atoms with Gasteiger partial charge in [-0.05, 0) is 25.5 Å². The molecule has 23 heavy (non-hydrogen) atoms. The van der Waals surface area contributed by atoms with E-state index in [4.69, 9.17) is 10.8 Å². The van der Waals surface area contributed by atoms with Crippen LogP contribution in [0, 0.1) is 10.1 Å². The summed E-state index contributed by atoms with van der Waals surface area (Å²) in [4.78, 5) is 20.7. The van der Waals surface area contributed by atoms with Crippen LogP contribution in [0.1, 0.15) is 25.7 Å². The van der Waals surface area contributed by atoms with Gasteiger partial charge in [0.25, 0.3) is 5.69 Å². The Bertz CT molecular complexity index is 661. The lowest BCUT2D eigenvalue weighted by molar-refractivity contribution is -0.387. The molecule has 1 unspecified atom stereocenters. The van der Waals surface area contributed by atoms with Crippen molar-refractivity contribution in [3.8, 4) is 0 Å². The highest BCUT2D eigenvalue weighted by atomic mass is 32.2. The number of carbonyl (C=O) groups is 1. The molecule has 1 aromatic rings. The lowest BCUT2D eigenvalue weighted by Gasteiger charge is -2.14. The van der Waals surface area contributed by atoms with Gasteiger partial charge in [-0.3, -0.25) is 14.9 Å². The zero-order valence-electron chi connectivity index (χ0n) is 12.3. The molecule has 0 amide bonds. The van der Waals surface area contributed by atoms with Crippen molar-refractivity contribution < 1.29 is 23.2 Å². The van der Waals surface area contributed by atoms with Crippen molar-refractivity contribution in [1.29, 1.82) is 0 Å². The average molecular weight is 345 g/mol. The molecule has 0 bridgehead atoms. The van der Waals surface area contributed by atoms with Crippen LogP contribution in [-0.2, 0) is 14.8 Å². The van der Waals surface area contributed by atoms with Crippen LogP contribution in [0.3, 0.4) is 0 Å². The Kier molecular flexibility index (Phi) is 7.07. The Balaban J connectivity index is 2.94. The predicted molar refractivity (Wildman–Crippen MR) is 82.4 cm³/mol. The number of nitro groups is 1. The van der Waals surface area contributed by atoms with Gasteiger partial charge in [0, 0.05) is 6.07 Å². The van der Waals surface area contributed by atoms with Crippen molar-refractivity contribution in [3.63, 3.8) is 0 Å². The highest BCUT2D eigenvalue weighted by Gasteiger charge is 2.30. The van der Waals surface area contributed by atoms with Crippen LogP contribution < -0.4 is 10.5 Å². The fourth-order valence-corrected chi connectivity index (χ4v) is 3.38. The van der Waals surface area contributed by atoms with Crippen LogP contribution in [0.4, 0.5) is 5.69 Å². The summed E-state index contributed by atoms with van der Waals surface area (Å²) in [7, 11) is -4.32. The number of rotatable bonds is 10. The SMILES string of the molecule is NCCCCCC(NS(=O)(=O)c1ccccc1[N+](=O)[O-])C(=O)O. The van der Waals surface area contributed by atoms with Crippen molar-refractivity contribution in [2.45, 2.75) is 36.6 Å². The molecule has 0 spiro atoms. The Hall–Kier alpha value is -2.04. The molecule has 0 radical (unpaired) electrons. The molecule has 0 saturated heterocycles. The number of carboxylic acids is 1. The monoisotopic (exact) mass is 345 g/mol.